The summed E-state index contributed by atoms with van der Waals surface area (Å²) in [7, 11) is 0. The SMILES string of the molecule is Cc1cc([N+](=O)[O-])ccc1NC(=O)C[C@@H]1SC(=Nc2ccccc2)N(c2ccccc2)C1=O. The first-order valence-corrected chi connectivity index (χ1v) is 11.0. The average molecular weight is 461 g/mol. The van der Waals surface area contributed by atoms with Gasteiger partial charge in [0.1, 0.15) is 5.25 Å². The maximum absolute atomic E-state index is 13.3. The number of nitrogens with one attached hydrogen (secondary N) is 1. The minimum absolute atomic E-state index is 0.0488. The maximum Gasteiger partial charge on any atom is 0.269 e. The molecule has 9 heteroatoms. The van der Waals surface area contributed by atoms with Crippen molar-refractivity contribution in [3.63, 3.8) is 0 Å². The molecular formula is C24H20N4O4S. The molecule has 1 heterocycles. The number of nitrogens with zero attached hydrogens (tertiary/aromatic N) is 3. The van der Waals surface area contributed by atoms with E-state index < -0.39 is 10.2 Å². The summed E-state index contributed by atoms with van der Waals surface area (Å²) in [5.41, 5.74) is 2.38. The van der Waals surface area contributed by atoms with E-state index in [0.29, 0.717) is 27.8 Å². The molecule has 1 fully saturated rings. The number of anilines is 2. The Morgan fingerprint density at radius 1 is 1.09 bits per heavy atom. The van der Waals surface area contributed by atoms with E-state index in [1.807, 2.05) is 60.7 Å². The molecule has 1 N–H and O–H groups in total. The molecule has 3 aromatic carbocycles. The van der Waals surface area contributed by atoms with Gasteiger partial charge in [-0.15, -0.1) is 0 Å². The first-order chi connectivity index (χ1) is 15.9. The highest BCUT2D eigenvalue weighted by molar-refractivity contribution is 8.16. The molecule has 0 bridgehead atoms. The molecule has 0 spiro atoms. The van der Waals surface area contributed by atoms with E-state index >= 15 is 0 Å². The monoisotopic (exact) mass is 460 g/mol. The standard InChI is InChI=1S/C24H20N4O4S/c1-16-14-19(28(31)32)12-13-20(16)26-22(29)15-21-23(30)27(18-10-6-3-7-11-18)24(33-21)25-17-8-4-2-5-9-17/h2-14,21H,15H2,1H3,(H,26,29)/t21-/m0/s1. The van der Waals surface area contributed by atoms with E-state index in [1.165, 1.54) is 34.9 Å². The van der Waals surface area contributed by atoms with Crippen LogP contribution in [0, 0.1) is 17.0 Å². The Morgan fingerprint density at radius 2 is 1.76 bits per heavy atom. The highest BCUT2D eigenvalue weighted by Gasteiger charge is 2.40. The average Bonchev–Trinajstić information content (AvgIpc) is 3.10. The van der Waals surface area contributed by atoms with Crippen molar-refractivity contribution < 1.29 is 14.5 Å². The minimum Gasteiger partial charge on any atom is -0.326 e. The van der Waals surface area contributed by atoms with E-state index in [2.05, 4.69) is 10.3 Å². The second kappa shape index (κ2) is 9.66. The zero-order chi connectivity index (χ0) is 23.4. The van der Waals surface area contributed by atoms with Gasteiger partial charge in [0.2, 0.25) is 11.8 Å². The number of nitro benzene ring substituents is 1. The summed E-state index contributed by atoms with van der Waals surface area (Å²) in [6.07, 6.45) is -0.0585. The number of hydrogen-bond donors (Lipinski definition) is 1. The van der Waals surface area contributed by atoms with E-state index in [9.17, 15) is 19.7 Å². The molecule has 0 aromatic heterocycles. The van der Waals surface area contributed by atoms with Crippen LogP contribution in [0.4, 0.5) is 22.7 Å². The molecule has 0 aliphatic carbocycles. The fourth-order valence-corrected chi connectivity index (χ4v) is 4.53. The Bertz CT molecular complexity index is 1230. The van der Waals surface area contributed by atoms with Gasteiger partial charge < -0.3 is 5.32 Å². The summed E-state index contributed by atoms with van der Waals surface area (Å²) < 4.78 is 0. The molecule has 0 saturated carbocycles. The molecular weight excluding hydrogens is 440 g/mol. The van der Waals surface area contributed by atoms with Crippen molar-refractivity contribution in [2.24, 2.45) is 4.99 Å². The van der Waals surface area contributed by atoms with Crippen LogP contribution < -0.4 is 10.2 Å². The fourth-order valence-electron chi connectivity index (χ4n) is 3.37. The van der Waals surface area contributed by atoms with Crippen LogP contribution in [0.3, 0.4) is 0 Å². The lowest BCUT2D eigenvalue weighted by Crippen LogP contribution is -2.33. The summed E-state index contributed by atoms with van der Waals surface area (Å²) in [6.45, 7) is 1.68. The molecule has 33 heavy (non-hydrogen) atoms. The number of amides is 2. The Labute approximate surface area is 194 Å². The number of rotatable bonds is 6. The molecule has 1 atom stereocenters. The van der Waals surface area contributed by atoms with Crippen LogP contribution in [0.15, 0.2) is 83.9 Å². The molecule has 2 amide bonds. The van der Waals surface area contributed by atoms with Gasteiger partial charge in [0.05, 0.1) is 16.3 Å². The van der Waals surface area contributed by atoms with Crippen LogP contribution in [-0.2, 0) is 9.59 Å². The predicted molar refractivity (Wildman–Crippen MR) is 130 cm³/mol. The van der Waals surface area contributed by atoms with E-state index in [4.69, 9.17) is 0 Å². The number of para-hydroxylation sites is 2. The number of aryl methyl sites for hydroxylation is 1. The van der Waals surface area contributed by atoms with Gasteiger partial charge in [0.15, 0.2) is 5.17 Å². The summed E-state index contributed by atoms with van der Waals surface area (Å²) in [5, 5.41) is 13.5. The second-order valence-corrected chi connectivity index (χ2v) is 8.52. The third-order valence-electron chi connectivity index (χ3n) is 5.00. The van der Waals surface area contributed by atoms with Crippen LogP contribution in [-0.4, -0.2) is 27.2 Å². The van der Waals surface area contributed by atoms with Gasteiger partial charge in [0, 0.05) is 24.2 Å². The molecule has 1 aliphatic rings. The first kappa shape index (κ1) is 22.2. The van der Waals surface area contributed by atoms with Crippen LogP contribution in [0.2, 0.25) is 0 Å². The summed E-state index contributed by atoms with van der Waals surface area (Å²) in [4.78, 5) is 42.6. The van der Waals surface area contributed by atoms with Crippen molar-refractivity contribution in [1.82, 2.24) is 0 Å². The van der Waals surface area contributed by atoms with Gasteiger partial charge in [-0.1, -0.05) is 48.2 Å². The van der Waals surface area contributed by atoms with E-state index in [0.717, 1.165) is 0 Å². The first-order valence-electron chi connectivity index (χ1n) is 10.2. The van der Waals surface area contributed by atoms with Gasteiger partial charge in [-0.25, -0.2) is 4.99 Å². The second-order valence-electron chi connectivity index (χ2n) is 7.35. The number of thioether (sulfide) groups is 1. The van der Waals surface area contributed by atoms with Crippen molar-refractivity contribution >= 4 is 51.5 Å². The van der Waals surface area contributed by atoms with Crippen LogP contribution >= 0.6 is 11.8 Å². The number of benzene rings is 3. The molecule has 8 nitrogen and oxygen atoms in total. The van der Waals surface area contributed by atoms with Crippen molar-refractivity contribution in [2.75, 3.05) is 10.2 Å². The topological polar surface area (TPSA) is 105 Å². The third kappa shape index (κ3) is 5.09. The summed E-state index contributed by atoms with van der Waals surface area (Å²) >= 11 is 1.24. The quantitative estimate of drug-likeness (QED) is 0.409. The summed E-state index contributed by atoms with van der Waals surface area (Å²) in [6, 6.07) is 22.7. The van der Waals surface area contributed by atoms with E-state index in [1.54, 1.807) is 6.92 Å². The van der Waals surface area contributed by atoms with Crippen molar-refractivity contribution in [3.05, 3.63) is 94.5 Å². The zero-order valence-electron chi connectivity index (χ0n) is 17.7. The Kier molecular flexibility index (Phi) is 6.50. The number of hydrogen-bond acceptors (Lipinski definition) is 6. The zero-order valence-corrected chi connectivity index (χ0v) is 18.5. The predicted octanol–water partition coefficient (Wildman–Crippen LogP) is 5.07. The number of carbonyl (C=O) groups excluding carboxylic acids is 2. The van der Waals surface area contributed by atoms with Gasteiger partial charge in [-0.05, 0) is 42.8 Å². The normalized spacial score (nSPS) is 16.8. The van der Waals surface area contributed by atoms with Crippen molar-refractivity contribution in [3.8, 4) is 0 Å². The number of non-ortho nitro benzene ring substituents is 1. The highest BCUT2D eigenvalue weighted by atomic mass is 32.2. The van der Waals surface area contributed by atoms with Gasteiger partial charge >= 0.3 is 0 Å². The Morgan fingerprint density at radius 3 is 2.39 bits per heavy atom. The Balaban J connectivity index is 1.54. The van der Waals surface area contributed by atoms with E-state index in [-0.39, 0.29) is 23.9 Å². The maximum atomic E-state index is 13.3. The smallest absolute Gasteiger partial charge is 0.269 e. The molecule has 3 aromatic rings. The van der Waals surface area contributed by atoms with Gasteiger partial charge in [-0.3, -0.25) is 24.6 Å². The molecule has 0 radical (unpaired) electrons. The molecule has 4 rings (SSSR count). The van der Waals surface area contributed by atoms with Crippen LogP contribution in [0.5, 0.6) is 0 Å². The number of aliphatic imine (C=N–C) groups is 1. The van der Waals surface area contributed by atoms with Crippen LogP contribution in [0.25, 0.3) is 0 Å². The lowest BCUT2D eigenvalue weighted by Gasteiger charge is -2.16. The largest absolute Gasteiger partial charge is 0.326 e. The summed E-state index contributed by atoms with van der Waals surface area (Å²) in [5.74, 6) is -0.580. The van der Waals surface area contributed by atoms with Gasteiger partial charge in [0.25, 0.3) is 5.69 Å². The molecule has 0 unspecified atom stereocenters. The number of carbonyl (C=O) groups is 2. The Hall–Kier alpha value is -3.98. The molecule has 166 valence electrons. The third-order valence-corrected chi connectivity index (χ3v) is 6.13. The minimum atomic E-state index is -0.647. The molecule has 1 aliphatic heterocycles. The number of nitro groups is 1. The van der Waals surface area contributed by atoms with Crippen LogP contribution in [0.1, 0.15) is 12.0 Å². The van der Waals surface area contributed by atoms with Crippen molar-refractivity contribution in [2.45, 2.75) is 18.6 Å². The highest BCUT2D eigenvalue weighted by Crippen LogP contribution is 2.35. The van der Waals surface area contributed by atoms with Gasteiger partial charge in [-0.2, -0.15) is 0 Å². The fraction of sp³-hybridized carbons (Fsp3) is 0.125. The van der Waals surface area contributed by atoms with Crippen molar-refractivity contribution in [1.29, 1.82) is 0 Å². The lowest BCUT2D eigenvalue weighted by molar-refractivity contribution is -0.384. The molecule has 1 saturated heterocycles. The number of amidine groups is 1. The lowest BCUT2D eigenvalue weighted by atomic mass is 10.1.